The topological polar surface area (TPSA) is 29.9 Å². The van der Waals surface area contributed by atoms with Crippen LogP contribution in [-0.2, 0) is 7.05 Å². The van der Waals surface area contributed by atoms with Crippen molar-refractivity contribution in [1.29, 1.82) is 0 Å². The van der Waals surface area contributed by atoms with Crippen molar-refractivity contribution >= 4 is 5.82 Å². The normalized spacial score (nSPS) is 10.8. The van der Waals surface area contributed by atoms with Crippen molar-refractivity contribution in [3.8, 4) is 11.3 Å². The Bertz CT molecular complexity index is 568. The number of rotatable bonds is 2. The van der Waals surface area contributed by atoms with E-state index in [0.717, 1.165) is 5.82 Å². The lowest BCUT2D eigenvalue weighted by atomic mass is 9.92. The predicted octanol–water partition coefficient (Wildman–Crippen LogP) is 3.36. The molecule has 1 N–H and O–H groups in total. The zero-order valence-electron chi connectivity index (χ0n) is 12.0. The molecule has 3 nitrogen and oxygen atoms in total. The third-order valence-corrected chi connectivity index (χ3v) is 3.76. The molecule has 0 radical (unpaired) electrons. The smallest absolute Gasteiger partial charge is 0.148 e. The van der Waals surface area contributed by atoms with Crippen LogP contribution in [0.4, 0.5) is 5.82 Å². The van der Waals surface area contributed by atoms with Gasteiger partial charge in [0, 0.05) is 25.7 Å². The van der Waals surface area contributed by atoms with Crippen molar-refractivity contribution in [2.75, 3.05) is 12.4 Å². The highest BCUT2D eigenvalue weighted by molar-refractivity contribution is 5.72. The number of hydrogen-bond donors (Lipinski definition) is 1. The minimum Gasteiger partial charge on any atom is -0.372 e. The number of aryl methyl sites for hydroxylation is 3. The lowest BCUT2D eigenvalue weighted by molar-refractivity contribution is 0.777. The zero-order chi connectivity index (χ0) is 13.4. The molecule has 0 bridgehead atoms. The summed E-state index contributed by atoms with van der Waals surface area (Å²) in [6, 6.07) is 4.36. The molecule has 0 atom stereocenters. The second kappa shape index (κ2) is 4.48. The fourth-order valence-electron chi connectivity index (χ4n) is 2.42. The van der Waals surface area contributed by atoms with Crippen molar-refractivity contribution < 1.29 is 0 Å². The van der Waals surface area contributed by atoms with Crippen LogP contribution in [0, 0.1) is 27.7 Å². The first-order valence-electron chi connectivity index (χ1n) is 6.25. The fourth-order valence-corrected chi connectivity index (χ4v) is 2.42. The van der Waals surface area contributed by atoms with Crippen molar-refractivity contribution in [2.45, 2.75) is 27.7 Å². The third kappa shape index (κ3) is 1.90. The van der Waals surface area contributed by atoms with Gasteiger partial charge < -0.3 is 5.32 Å². The summed E-state index contributed by atoms with van der Waals surface area (Å²) in [5.74, 6) is 0.908. The molecular weight excluding hydrogens is 222 g/mol. The maximum absolute atomic E-state index is 4.45. The van der Waals surface area contributed by atoms with Crippen LogP contribution in [0.1, 0.15) is 22.3 Å². The molecule has 0 unspecified atom stereocenters. The Kier molecular flexibility index (Phi) is 3.16. The van der Waals surface area contributed by atoms with E-state index in [9.17, 15) is 0 Å². The monoisotopic (exact) mass is 243 g/mol. The van der Waals surface area contributed by atoms with Crippen LogP contribution in [0.25, 0.3) is 11.3 Å². The largest absolute Gasteiger partial charge is 0.372 e. The second-order valence-corrected chi connectivity index (χ2v) is 4.92. The van der Waals surface area contributed by atoms with Crippen LogP contribution in [-0.4, -0.2) is 16.8 Å². The molecule has 96 valence electrons. The molecule has 0 aliphatic rings. The van der Waals surface area contributed by atoms with Crippen LogP contribution in [0.15, 0.2) is 12.1 Å². The van der Waals surface area contributed by atoms with Crippen LogP contribution in [0.5, 0.6) is 0 Å². The molecular formula is C15H21N3. The molecule has 0 saturated carbocycles. The number of hydrogen-bond acceptors (Lipinski definition) is 2. The molecule has 0 aliphatic heterocycles. The van der Waals surface area contributed by atoms with E-state index in [1.165, 1.54) is 33.5 Å². The average molecular weight is 243 g/mol. The van der Waals surface area contributed by atoms with Gasteiger partial charge in [0.25, 0.3) is 0 Å². The minimum absolute atomic E-state index is 0.908. The summed E-state index contributed by atoms with van der Waals surface area (Å²) in [7, 11) is 3.89. The highest BCUT2D eigenvalue weighted by Crippen LogP contribution is 2.32. The first kappa shape index (κ1) is 12.7. The first-order chi connectivity index (χ1) is 8.45. The molecule has 1 aromatic carbocycles. The van der Waals surface area contributed by atoms with Gasteiger partial charge in [-0.05, 0) is 49.9 Å². The molecule has 3 heteroatoms. The summed E-state index contributed by atoms with van der Waals surface area (Å²) in [6.45, 7) is 8.70. The van der Waals surface area contributed by atoms with Crippen LogP contribution >= 0.6 is 0 Å². The maximum Gasteiger partial charge on any atom is 0.148 e. The Morgan fingerprint density at radius 1 is 1.00 bits per heavy atom. The van der Waals surface area contributed by atoms with Gasteiger partial charge in [-0.1, -0.05) is 6.07 Å². The lowest BCUT2D eigenvalue weighted by Crippen LogP contribution is -2.00. The molecule has 2 aromatic rings. The Morgan fingerprint density at radius 2 is 1.56 bits per heavy atom. The van der Waals surface area contributed by atoms with Crippen molar-refractivity contribution in [1.82, 2.24) is 9.78 Å². The van der Waals surface area contributed by atoms with Crippen LogP contribution < -0.4 is 5.32 Å². The van der Waals surface area contributed by atoms with Gasteiger partial charge in [0.2, 0.25) is 0 Å². The Hall–Kier alpha value is -1.77. The summed E-state index contributed by atoms with van der Waals surface area (Å²) in [5.41, 5.74) is 7.82. The van der Waals surface area contributed by atoms with E-state index >= 15 is 0 Å². The van der Waals surface area contributed by atoms with Gasteiger partial charge in [0.15, 0.2) is 0 Å². The van der Waals surface area contributed by atoms with E-state index in [2.05, 4.69) is 50.2 Å². The zero-order valence-corrected chi connectivity index (χ0v) is 12.0. The number of anilines is 1. The molecule has 2 rings (SSSR count). The predicted molar refractivity (Wildman–Crippen MR) is 77.1 cm³/mol. The van der Waals surface area contributed by atoms with Crippen molar-refractivity contribution in [3.63, 3.8) is 0 Å². The molecule has 0 aliphatic carbocycles. The fraction of sp³-hybridized carbons (Fsp3) is 0.400. The van der Waals surface area contributed by atoms with Gasteiger partial charge in [-0.15, -0.1) is 0 Å². The standard InChI is InChI=1S/C15H21N3/c1-9-7-10(2)12(4)15(11(9)3)13-8-14(16-5)17-18(13)6/h7-8H,1-6H3,(H,16,17). The number of nitrogens with zero attached hydrogens (tertiary/aromatic N) is 2. The van der Waals surface area contributed by atoms with Gasteiger partial charge >= 0.3 is 0 Å². The number of nitrogens with one attached hydrogen (secondary N) is 1. The molecule has 0 fully saturated rings. The highest BCUT2D eigenvalue weighted by atomic mass is 15.3. The second-order valence-electron chi connectivity index (χ2n) is 4.92. The molecule has 18 heavy (non-hydrogen) atoms. The summed E-state index contributed by atoms with van der Waals surface area (Å²) in [5, 5.41) is 7.55. The van der Waals surface area contributed by atoms with Crippen molar-refractivity contribution in [2.24, 2.45) is 7.05 Å². The maximum atomic E-state index is 4.45. The van der Waals surface area contributed by atoms with E-state index in [0.29, 0.717) is 0 Å². The van der Waals surface area contributed by atoms with E-state index in [1.54, 1.807) is 0 Å². The third-order valence-electron chi connectivity index (χ3n) is 3.76. The lowest BCUT2D eigenvalue weighted by Gasteiger charge is -2.15. The molecule has 1 heterocycles. The molecule has 1 aromatic heterocycles. The van der Waals surface area contributed by atoms with E-state index in [1.807, 2.05) is 18.8 Å². The van der Waals surface area contributed by atoms with Gasteiger partial charge in [-0.3, -0.25) is 4.68 Å². The molecule has 0 spiro atoms. The highest BCUT2D eigenvalue weighted by Gasteiger charge is 2.14. The molecule has 0 amide bonds. The van der Waals surface area contributed by atoms with Crippen LogP contribution in [0.3, 0.4) is 0 Å². The van der Waals surface area contributed by atoms with Gasteiger partial charge in [-0.2, -0.15) is 5.10 Å². The van der Waals surface area contributed by atoms with Gasteiger partial charge in [-0.25, -0.2) is 0 Å². The Balaban J connectivity index is 2.73. The van der Waals surface area contributed by atoms with Crippen molar-refractivity contribution in [3.05, 3.63) is 34.4 Å². The summed E-state index contributed by atoms with van der Waals surface area (Å²) >= 11 is 0. The first-order valence-corrected chi connectivity index (χ1v) is 6.25. The number of benzene rings is 1. The summed E-state index contributed by atoms with van der Waals surface area (Å²) < 4.78 is 1.94. The van der Waals surface area contributed by atoms with Gasteiger partial charge in [0.1, 0.15) is 5.82 Å². The average Bonchev–Trinajstić information content (AvgIpc) is 2.69. The van der Waals surface area contributed by atoms with E-state index < -0.39 is 0 Å². The Labute approximate surface area is 109 Å². The Morgan fingerprint density at radius 3 is 2.00 bits per heavy atom. The molecule has 0 saturated heterocycles. The van der Waals surface area contributed by atoms with Crippen LogP contribution in [0.2, 0.25) is 0 Å². The quantitative estimate of drug-likeness (QED) is 0.876. The van der Waals surface area contributed by atoms with Gasteiger partial charge in [0.05, 0.1) is 5.69 Å². The summed E-state index contributed by atoms with van der Waals surface area (Å²) in [6.07, 6.45) is 0. The SMILES string of the molecule is CNc1cc(-c2c(C)c(C)cc(C)c2C)n(C)n1. The number of aromatic nitrogens is 2. The minimum atomic E-state index is 0.908. The van der Waals surface area contributed by atoms with E-state index in [4.69, 9.17) is 0 Å². The van der Waals surface area contributed by atoms with E-state index in [-0.39, 0.29) is 0 Å². The summed E-state index contributed by atoms with van der Waals surface area (Å²) in [4.78, 5) is 0.